The summed E-state index contributed by atoms with van der Waals surface area (Å²) in [6.07, 6.45) is -3.11. The minimum Gasteiger partial charge on any atom is -0.478 e. The normalized spacial score (nSPS) is 14.6. The third-order valence-corrected chi connectivity index (χ3v) is 6.59. The number of hydrogen-bond acceptors (Lipinski definition) is 7. The molecule has 2 heterocycles. The fourth-order valence-electron chi connectivity index (χ4n) is 3.66. The lowest BCUT2D eigenvalue weighted by Gasteiger charge is -2.32. The van der Waals surface area contributed by atoms with Crippen LogP contribution in [0.2, 0.25) is 0 Å². The highest BCUT2D eigenvalue weighted by Crippen LogP contribution is 2.30. The van der Waals surface area contributed by atoms with Crippen LogP contribution >= 0.6 is 0 Å². The van der Waals surface area contributed by atoms with E-state index in [9.17, 15) is 40.8 Å². The van der Waals surface area contributed by atoms with Crippen molar-refractivity contribution < 1.29 is 40.7 Å². The second kappa shape index (κ2) is 10.3. The number of sulfonamides is 1. The van der Waals surface area contributed by atoms with Gasteiger partial charge in [-0.2, -0.15) is 5.26 Å². The molecule has 0 saturated carbocycles. The van der Waals surface area contributed by atoms with Crippen LogP contribution in [0, 0.1) is 28.9 Å². The summed E-state index contributed by atoms with van der Waals surface area (Å²) in [6.45, 7) is 0.0493. The van der Waals surface area contributed by atoms with E-state index in [1.807, 2.05) is 0 Å². The molecule has 1 aliphatic heterocycles. The van der Waals surface area contributed by atoms with Gasteiger partial charge in [-0.1, -0.05) is 6.07 Å². The Morgan fingerprint density at radius 2 is 1.83 bits per heavy atom. The number of carboxylic acid groups (broad SMARTS) is 1. The molecule has 2 N–H and O–H groups in total. The zero-order valence-corrected chi connectivity index (χ0v) is 18.7. The van der Waals surface area contributed by atoms with Crippen LogP contribution < -0.4 is 9.62 Å². The summed E-state index contributed by atoms with van der Waals surface area (Å²) in [5, 5.41) is 18.4. The summed E-state index contributed by atoms with van der Waals surface area (Å²) in [5.41, 5.74) is -2.76. The van der Waals surface area contributed by atoms with Gasteiger partial charge in [-0.05, 0) is 31.0 Å². The van der Waals surface area contributed by atoms with Gasteiger partial charge in [0.1, 0.15) is 35.0 Å². The summed E-state index contributed by atoms with van der Waals surface area (Å²) >= 11 is 0. The lowest BCUT2D eigenvalue weighted by Crippen LogP contribution is -2.43. The summed E-state index contributed by atoms with van der Waals surface area (Å²) < 4.78 is 80.5. The van der Waals surface area contributed by atoms with E-state index in [0.29, 0.717) is 0 Å². The van der Waals surface area contributed by atoms with Crippen molar-refractivity contribution in [2.24, 2.45) is 5.92 Å². The first-order valence-electron chi connectivity index (χ1n) is 10.1. The molecule has 1 aromatic heterocycles. The molecule has 9 nitrogen and oxygen atoms in total. The van der Waals surface area contributed by atoms with E-state index in [-0.39, 0.29) is 37.3 Å². The molecule has 0 atom stereocenters. The number of hydrogen-bond donors (Lipinski definition) is 2. The number of nitrogens with one attached hydrogen (secondary N) is 1. The smallest absolute Gasteiger partial charge is 0.337 e. The molecule has 2 aromatic rings. The zero-order chi connectivity index (χ0) is 25.9. The number of amides is 1. The van der Waals surface area contributed by atoms with Crippen LogP contribution in [0.5, 0.6) is 0 Å². The number of carboxylic acids is 1. The highest BCUT2D eigenvalue weighted by molar-refractivity contribution is 7.89. The molecule has 1 amide bonds. The number of rotatable bonds is 7. The zero-order valence-electron chi connectivity index (χ0n) is 17.8. The number of nitrogens with zero attached hydrogens (tertiary/aromatic N) is 3. The standard InChI is InChI=1S/C21H18F4N4O5S/c22-15-2-1-3-16(23)14(15)10-35(33,34)28-20(30)11-4-6-29(7-5-11)19-12(9-26)8-13(21(31)32)17(27-19)18(24)25/h1-3,8,11,18H,4-7,10H2,(H,28,30)(H,31,32). The van der Waals surface area contributed by atoms with Gasteiger partial charge in [-0.15, -0.1) is 0 Å². The van der Waals surface area contributed by atoms with Gasteiger partial charge >= 0.3 is 5.97 Å². The minimum absolute atomic E-state index is 0.0247. The number of pyridine rings is 1. The second-order valence-corrected chi connectivity index (χ2v) is 9.42. The van der Waals surface area contributed by atoms with E-state index < -0.39 is 68.5 Å². The molecule has 186 valence electrons. The van der Waals surface area contributed by atoms with Crippen LogP contribution in [0.15, 0.2) is 24.3 Å². The molecule has 0 spiro atoms. The predicted octanol–water partition coefficient (Wildman–Crippen LogP) is 2.73. The van der Waals surface area contributed by atoms with Gasteiger partial charge in [-0.3, -0.25) is 9.52 Å². The number of halogens is 4. The lowest BCUT2D eigenvalue weighted by molar-refractivity contribution is -0.123. The van der Waals surface area contributed by atoms with E-state index >= 15 is 0 Å². The molecule has 14 heteroatoms. The number of alkyl halides is 2. The van der Waals surface area contributed by atoms with Gasteiger partial charge in [0.15, 0.2) is 0 Å². The molecule has 35 heavy (non-hydrogen) atoms. The van der Waals surface area contributed by atoms with E-state index in [1.54, 1.807) is 10.8 Å². The summed E-state index contributed by atoms with van der Waals surface area (Å²) in [4.78, 5) is 28.8. The maximum atomic E-state index is 13.8. The second-order valence-electron chi connectivity index (χ2n) is 7.70. The number of aromatic nitrogens is 1. The third-order valence-electron chi connectivity index (χ3n) is 5.41. The molecule has 1 aromatic carbocycles. The first kappa shape index (κ1) is 25.9. The molecule has 0 aliphatic carbocycles. The van der Waals surface area contributed by atoms with E-state index in [2.05, 4.69) is 4.98 Å². The summed E-state index contributed by atoms with van der Waals surface area (Å²) in [5.74, 6) is -6.80. The molecule has 1 aliphatic rings. The van der Waals surface area contributed by atoms with Gasteiger partial charge in [0.05, 0.1) is 11.1 Å². The summed E-state index contributed by atoms with van der Waals surface area (Å²) in [7, 11) is -4.42. The Bertz CT molecular complexity index is 1290. The Labute approximate surface area is 197 Å². The maximum absolute atomic E-state index is 13.8. The highest BCUT2D eigenvalue weighted by Gasteiger charge is 2.31. The topological polar surface area (TPSA) is 140 Å². The Morgan fingerprint density at radius 1 is 1.23 bits per heavy atom. The van der Waals surface area contributed by atoms with Crippen molar-refractivity contribution in [2.75, 3.05) is 18.0 Å². The van der Waals surface area contributed by atoms with Gasteiger partial charge in [0, 0.05) is 24.6 Å². The van der Waals surface area contributed by atoms with Crippen LogP contribution in [0.4, 0.5) is 23.4 Å². The van der Waals surface area contributed by atoms with Crippen LogP contribution in [-0.2, 0) is 20.6 Å². The minimum atomic E-state index is -4.42. The van der Waals surface area contributed by atoms with Crippen LogP contribution in [0.25, 0.3) is 0 Å². The Morgan fingerprint density at radius 3 is 2.34 bits per heavy atom. The maximum Gasteiger partial charge on any atom is 0.337 e. The SMILES string of the molecule is N#Cc1cc(C(=O)O)c(C(F)F)nc1N1CCC(C(=O)NS(=O)(=O)Cc2c(F)cccc2F)CC1. The number of aromatic carboxylic acids is 1. The predicted molar refractivity (Wildman–Crippen MR) is 113 cm³/mol. The molecule has 0 radical (unpaired) electrons. The lowest BCUT2D eigenvalue weighted by atomic mass is 9.96. The first-order valence-corrected chi connectivity index (χ1v) is 11.8. The van der Waals surface area contributed by atoms with Crippen molar-refractivity contribution in [3.8, 4) is 6.07 Å². The van der Waals surface area contributed by atoms with E-state index in [4.69, 9.17) is 5.11 Å². The Hall–Kier alpha value is -3.73. The van der Waals surface area contributed by atoms with Gasteiger partial charge < -0.3 is 10.0 Å². The van der Waals surface area contributed by atoms with Crippen LogP contribution in [0.1, 0.15) is 46.4 Å². The molecular weight excluding hydrogens is 496 g/mol. The fourth-order valence-corrected chi connectivity index (χ4v) is 4.87. The van der Waals surface area contributed by atoms with Crippen molar-refractivity contribution >= 4 is 27.7 Å². The monoisotopic (exact) mass is 514 g/mol. The van der Waals surface area contributed by atoms with Crippen LogP contribution in [-0.4, -0.2) is 43.5 Å². The number of anilines is 1. The quantitative estimate of drug-likeness (QED) is 0.538. The number of piperidine rings is 1. The molecule has 3 rings (SSSR count). The number of benzene rings is 1. The average molecular weight is 514 g/mol. The fraction of sp³-hybridized carbons (Fsp3) is 0.333. The largest absolute Gasteiger partial charge is 0.478 e. The first-order chi connectivity index (χ1) is 16.4. The van der Waals surface area contributed by atoms with Gasteiger partial charge in [-0.25, -0.2) is 35.8 Å². The average Bonchev–Trinajstić information content (AvgIpc) is 2.80. The third kappa shape index (κ3) is 5.86. The van der Waals surface area contributed by atoms with Crippen molar-refractivity contribution in [1.29, 1.82) is 5.26 Å². The van der Waals surface area contributed by atoms with Crippen molar-refractivity contribution in [1.82, 2.24) is 9.71 Å². The molecule has 1 saturated heterocycles. The molecular formula is C21H18F4N4O5S. The Kier molecular flexibility index (Phi) is 7.59. The Balaban J connectivity index is 1.71. The van der Waals surface area contributed by atoms with Gasteiger partial charge in [0.25, 0.3) is 6.43 Å². The number of carbonyl (C=O) groups excluding carboxylic acids is 1. The van der Waals surface area contributed by atoms with Crippen LogP contribution in [0.3, 0.4) is 0 Å². The number of carbonyl (C=O) groups is 2. The van der Waals surface area contributed by atoms with E-state index in [1.165, 1.54) is 4.90 Å². The summed E-state index contributed by atoms with van der Waals surface area (Å²) in [6, 6.07) is 5.37. The number of nitriles is 1. The van der Waals surface area contributed by atoms with Crippen molar-refractivity contribution in [3.63, 3.8) is 0 Å². The molecule has 0 unspecified atom stereocenters. The molecule has 1 fully saturated rings. The van der Waals surface area contributed by atoms with Crippen molar-refractivity contribution in [3.05, 3.63) is 58.3 Å². The highest BCUT2D eigenvalue weighted by atomic mass is 32.2. The van der Waals surface area contributed by atoms with E-state index in [0.717, 1.165) is 24.3 Å². The van der Waals surface area contributed by atoms with Gasteiger partial charge in [0.2, 0.25) is 15.9 Å². The molecule has 0 bridgehead atoms. The van der Waals surface area contributed by atoms with Crippen molar-refractivity contribution in [2.45, 2.75) is 25.0 Å².